The Kier molecular flexibility index (Phi) is 3.54. The average Bonchev–Trinajstić information content (AvgIpc) is 2.65. The van der Waals surface area contributed by atoms with Crippen molar-refractivity contribution in [2.24, 2.45) is 5.73 Å². The molecule has 2 N–H and O–H groups in total. The van der Waals surface area contributed by atoms with E-state index in [0.29, 0.717) is 0 Å². The van der Waals surface area contributed by atoms with E-state index in [9.17, 15) is 0 Å². The molecule has 1 aromatic rings. The van der Waals surface area contributed by atoms with Gasteiger partial charge in [-0.15, -0.1) is 0 Å². The Morgan fingerprint density at radius 3 is 3.07 bits per heavy atom. The second kappa shape index (κ2) is 4.70. The largest absolute Gasteiger partial charge is 0.466 e. The maximum Gasteiger partial charge on any atom is 0.137 e. The van der Waals surface area contributed by atoms with E-state index in [1.807, 2.05) is 17.8 Å². The van der Waals surface area contributed by atoms with E-state index in [2.05, 4.69) is 15.9 Å². The van der Waals surface area contributed by atoms with Gasteiger partial charge in [-0.2, -0.15) is 11.8 Å². The lowest BCUT2D eigenvalue weighted by Crippen LogP contribution is -2.34. The van der Waals surface area contributed by atoms with Gasteiger partial charge < -0.3 is 14.9 Å². The van der Waals surface area contributed by atoms with Gasteiger partial charge in [0.05, 0.1) is 29.5 Å². The topological polar surface area (TPSA) is 48.4 Å². The Morgan fingerprint density at radius 1 is 1.64 bits per heavy atom. The van der Waals surface area contributed by atoms with Crippen molar-refractivity contribution in [1.82, 2.24) is 0 Å². The van der Waals surface area contributed by atoms with Gasteiger partial charge in [0, 0.05) is 11.5 Å². The molecule has 78 valence electrons. The molecule has 2 heterocycles. The third-order valence-electron chi connectivity index (χ3n) is 2.19. The highest BCUT2D eigenvalue weighted by Crippen LogP contribution is 2.29. The van der Waals surface area contributed by atoms with Gasteiger partial charge in [-0.25, -0.2) is 0 Å². The maximum absolute atomic E-state index is 6.05. The summed E-state index contributed by atoms with van der Waals surface area (Å²) in [7, 11) is 0. The molecule has 2 unspecified atom stereocenters. The molecule has 14 heavy (non-hydrogen) atoms. The van der Waals surface area contributed by atoms with Gasteiger partial charge in [0.25, 0.3) is 0 Å². The maximum atomic E-state index is 6.05. The molecule has 1 saturated heterocycles. The van der Waals surface area contributed by atoms with Gasteiger partial charge in [0.1, 0.15) is 5.76 Å². The van der Waals surface area contributed by atoms with Crippen LogP contribution in [-0.2, 0) is 4.74 Å². The molecular formula is C9H12BrNO2S. The normalized spacial score (nSPS) is 24.9. The lowest BCUT2D eigenvalue weighted by atomic mass is 10.1. The molecule has 1 fully saturated rings. The fourth-order valence-electron chi connectivity index (χ4n) is 1.43. The van der Waals surface area contributed by atoms with Crippen molar-refractivity contribution < 1.29 is 9.15 Å². The summed E-state index contributed by atoms with van der Waals surface area (Å²) in [5, 5.41) is 0. The molecule has 1 aromatic heterocycles. The number of halogens is 1. The van der Waals surface area contributed by atoms with Gasteiger partial charge in [0.15, 0.2) is 0 Å². The summed E-state index contributed by atoms with van der Waals surface area (Å²) in [5.41, 5.74) is 6.05. The monoisotopic (exact) mass is 277 g/mol. The van der Waals surface area contributed by atoms with Crippen molar-refractivity contribution in [3.8, 4) is 0 Å². The molecule has 0 bridgehead atoms. The molecule has 0 amide bonds. The number of hydrogen-bond donors (Lipinski definition) is 1. The van der Waals surface area contributed by atoms with Crippen LogP contribution in [0.2, 0.25) is 0 Å². The highest BCUT2D eigenvalue weighted by molar-refractivity contribution is 9.10. The summed E-state index contributed by atoms with van der Waals surface area (Å²) >= 11 is 5.27. The Labute approximate surface area is 95.5 Å². The zero-order valence-electron chi connectivity index (χ0n) is 7.61. The van der Waals surface area contributed by atoms with Crippen LogP contribution in [0.15, 0.2) is 21.2 Å². The molecule has 0 aromatic carbocycles. The minimum atomic E-state index is -0.174. The Hall–Kier alpha value is 0.0300. The van der Waals surface area contributed by atoms with E-state index in [4.69, 9.17) is 14.9 Å². The quantitative estimate of drug-likeness (QED) is 0.900. The van der Waals surface area contributed by atoms with E-state index in [0.717, 1.165) is 28.3 Å². The molecule has 2 atom stereocenters. The molecular weight excluding hydrogens is 266 g/mol. The Bertz CT molecular complexity index is 299. The SMILES string of the molecule is NC(c1occc1Br)C1CSCCO1. The first-order valence-electron chi connectivity index (χ1n) is 4.47. The van der Waals surface area contributed by atoms with Crippen LogP contribution in [0.4, 0.5) is 0 Å². The smallest absolute Gasteiger partial charge is 0.137 e. The van der Waals surface area contributed by atoms with Crippen LogP contribution in [0.5, 0.6) is 0 Å². The zero-order chi connectivity index (χ0) is 9.97. The summed E-state index contributed by atoms with van der Waals surface area (Å²) < 4.78 is 11.8. The minimum Gasteiger partial charge on any atom is -0.466 e. The van der Waals surface area contributed by atoms with E-state index in [-0.39, 0.29) is 12.1 Å². The average molecular weight is 278 g/mol. The second-order valence-electron chi connectivity index (χ2n) is 3.14. The van der Waals surface area contributed by atoms with Gasteiger partial charge in [0.2, 0.25) is 0 Å². The first-order valence-corrected chi connectivity index (χ1v) is 6.41. The van der Waals surface area contributed by atoms with Crippen LogP contribution in [-0.4, -0.2) is 24.2 Å². The standard InChI is InChI=1S/C9H12BrNO2S/c10-6-1-2-13-9(6)8(11)7-5-14-4-3-12-7/h1-2,7-8H,3-5,11H2. The van der Waals surface area contributed by atoms with Crippen LogP contribution in [0.3, 0.4) is 0 Å². The zero-order valence-corrected chi connectivity index (χ0v) is 10.0. The lowest BCUT2D eigenvalue weighted by Gasteiger charge is -2.26. The molecule has 1 aliphatic rings. The number of thioether (sulfide) groups is 1. The number of ether oxygens (including phenoxy) is 1. The van der Waals surface area contributed by atoms with E-state index < -0.39 is 0 Å². The molecule has 2 rings (SSSR count). The summed E-state index contributed by atoms with van der Waals surface area (Å²) in [6, 6.07) is 1.68. The van der Waals surface area contributed by atoms with Crippen LogP contribution < -0.4 is 5.73 Å². The number of rotatable bonds is 2. The molecule has 1 aliphatic heterocycles. The van der Waals surface area contributed by atoms with Crippen molar-refractivity contribution in [2.75, 3.05) is 18.1 Å². The van der Waals surface area contributed by atoms with Crippen molar-refractivity contribution in [2.45, 2.75) is 12.1 Å². The lowest BCUT2D eigenvalue weighted by molar-refractivity contribution is 0.0515. The predicted molar refractivity (Wildman–Crippen MR) is 60.4 cm³/mol. The molecule has 5 heteroatoms. The predicted octanol–water partition coefficient (Wildman–Crippen LogP) is 2.17. The number of hydrogen-bond acceptors (Lipinski definition) is 4. The molecule has 0 spiro atoms. The third kappa shape index (κ3) is 2.16. The van der Waals surface area contributed by atoms with Gasteiger partial charge >= 0.3 is 0 Å². The summed E-state index contributed by atoms with van der Waals surface area (Å²) in [6.07, 6.45) is 1.70. The van der Waals surface area contributed by atoms with Crippen LogP contribution in [0, 0.1) is 0 Å². The fraction of sp³-hybridized carbons (Fsp3) is 0.556. The van der Waals surface area contributed by atoms with Crippen molar-refractivity contribution in [3.63, 3.8) is 0 Å². The fourth-order valence-corrected chi connectivity index (χ4v) is 2.81. The van der Waals surface area contributed by atoms with Gasteiger partial charge in [-0.1, -0.05) is 0 Å². The van der Waals surface area contributed by atoms with Crippen molar-refractivity contribution in [3.05, 3.63) is 22.6 Å². The summed E-state index contributed by atoms with van der Waals surface area (Å²) in [4.78, 5) is 0. The molecule has 0 radical (unpaired) electrons. The minimum absolute atomic E-state index is 0.0659. The highest BCUT2D eigenvalue weighted by Gasteiger charge is 2.26. The summed E-state index contributed by atoms with van der Waals surface area (Å²) in [6.45, 7) is 0.779. The van der Waals surface area contributed by atoms with E-state index >= 15 is 0 Å². The van der Waals surface area contributed by atoms with Crippen molar-refractivity contribution in [1.29, 1.82) is 0 Å². The van der Waals surface area contributed by atoms with E-state index in [1.54, 1.807) is 6.26 Å². The Balaban J connectivity index is 2.07. The van der Waals surface area contributed by atoms with Crippen LogP contribution in [0.25, 0.3) is 0 Å². The van der Waals surface area contributed by atoms with Crippen LogP contribution in [0.1, 0.15) is 11.8 Å². The third-order valence-corrected chi connectivity index (χ3v) is 3.86. The Morgan fingerprint density at radius 2 is 2.50 bits per heavy atom. The van der Waals surface area contributed by atoms with Crippen LogP contribution >= 0.6 is 27.7 Å². The second-order valence-corrected chi connectivity index (χ2v) is 5.15. The number of nitrogens with two attached hydrogens (primary N) is 1. The van der Waals surface area contributed by atoms with Gasteiger partial charge in [-0.3, -0.25) is 0 Å². The first-order chi connectivity index (χ1) is 6.79. The molecule has 3 nitrogen and oxygen atoms in total. The van der Waals surface area contributed by atoms with Crippen molar-refractivity contribution >= 4 is 27.7 Å². The highest BCUT2D eigenvalue weighted by atomic mass is 79.9. The molecule has 0 saturated carbocycles. The van der Waals surface area contributed by atoms with Gasteiger partial charge in [-0.05, 0) is 22.0 Å². The first kappa shape index (κ1) is 10.5. The summed E-state index contributed by atoms with van der Waals surface area (Å²) in [5.74, 6) is 2.77. The molecule has 0 aliphatic carbocycles. The van der Waals surface area contributed by atoms with E-state index in [1.165, 1.54) is 0 Å². The number of furan rings is 1.